The van der Waals surface area contributed by atoms with E-state index in [0.717, 1.165) is 43.6 Å². The Hall–Kier alpha value is -4.21. The van der Waals surface area contributed by atoms with E-state index in [9.17, 15) is 4.79 Å². The fourth-order valence-corrected chi connectivity index (χ4v) is 5.38. The highest BCUT2D eigenvalue weighted by atomic mass is 16.1. The van der Waals surface area contributed by atoms with Gasteiger partial charge < -0.3 is 9.88 Å². The Morgan fingerprint density at radius 1 is 1.00 bits per heavy atom. The van der Waals surface area contributed by atoms with Gasteiger partial charge in [0.15, 0.2) is 0 Å². The molecular weight excluding hydrogens is 470 g/mol. The van der Waals surface area contributed by atoms with E-state index >= 15 is 0 Å². The number of rotatable bonds is 9. The smallest absolute Gasteiger partial charge is 0.224 e. The molecular formula is C32H33N5O. The Morgan fingerprint density at radius 3 is 2.34 bits per heavy atom. The SMILES string of the molecule is N#Cc1ccc(Cn2cncc2CCNC(=O)[C@H]2CCCN(C(c3ccccc3)c3ccccc3)C2)cc1. The summed E-state index contributed by atoms with van der Waals surface area (Å²) in [6.45, 7) is 2.99. The van der Waals surface area contributed by atoms with Crippen molar-refractivity contribution in [3.63, 3.8) is 0 Å². The number of nitrogens with zero attached hydrogens (tertiary/aromatic N) is 4. The molecule has 3 aromatic carbocycles. The van der Waals surface area contributed by atoms with E-state index < -0.39 is 0 Å². The Bertz CT molecular complexity index is 1320. The minimum atomic E-state index is -0.0257. The average molecular weight is 504 g/mol. The zero-order valence-corrected chi connectivity index (χ0v) is 21.5. The highest BCUT2D eigenvalue weighted by Crippen LogP contribution is 2.32. The maximum atomic E-state index is 13.2. The van der Waals surface area contributed by atoms with Gasteiger partial charge in [0.25, 0.3) is 0 Å². The molecule has 38 heavy (non-hydrogen) atoms. The van der Waals surface area contributed by atoms with Gasteiger partial charge in [-0.15, -0.1) is 0 Å². The molecule has 1 aliphatic heterocycles. The molecule has 1 amide bonds. The molecule has 0 radical (unpaired) electrons. The predicted molar refractivity (Wildman–Crippen MR) is 148 cm³/mol. The van der Waals surface area contributed by atoms with Crippen molar-refractivity contribution < 1.29 is 4.79 Å². The van der Waals surface area contributed by atoms with Crippen LogP contribution in [-0.4, -0.2) is 40.0 Å². The van der Waals surface area contributed by atoms with Gasteiger partial charge in [0.1, 0.15) is 0 Å². The van der Waals surface area contributed by atoms with E-state index in [1.807, 2.05) is 48.9 Å². The number of likely N-dealkylation sites (tertiary alicyclic amines) is 1. The van der Waals surface area contributed by atoms with Crippen LogP contribution < -0.4 is 5.32 Å². The van der Waals surface area contributed by atoms with Crippen LogP contribution in [0, 0.1) is 17.2 Å². The van der Waals surface area contributed by atoms with Gasteiger partial charge in [-0.05, 0) is 48.2 Å². The summed E-state index contributed by atoms with van der Waals surface area (Å²) >= 11 is 0. The lowest BCUT2D eigenvalue weighted by molar-refractivity contribution is -0.126. The normalized spacial score (nSPS) is 15.7. The van der Waals surface area contributed by atoms with Crippen LogP contribution in [0.15, 0.2) is 97.5 Å². The monoisotopic (exact) mass is 503 g/mol. The third kappa shape index (κ3) is 6.19. The van der Waals surface area contributed by atoms with Gasteiger partial charge in [-0.1, -0.05) is 72.8 Å². The Balaban J connectivity index is 1.19. The maximum absolute atomic E-state index is 13.2. The molecule has 0 aliphatic carbocycles. The largest absolute Gasteiger partial charge is 0.355 e. The third-order valence-corrected chi connectivity index (χ3v) is 7.33. The fraction of sp³-hybridized carbons (Fsp3) is 0.281. The number of carbonyl (C=O) groups is 1. The summed E-state index contributed by atoms with van der Waals surface area (Å²) in [6, 6.07) is 31.1. The molecule has 6 heteroatoms. The molecule has 1 aromatic heterocycles. The summed E-state index contributed by atoms with van der Waals surface area (Å²) in [5.74, 6) is 0.106. The van der Waals surface area contributed by atoms with Gasteiger partial charge in [-0.2, -0.15) is 5.26 Å². The number of imidazole rings is 1. The van der Waals surface area contributed by atoms with Crippen LogP contribution in [0.4, 0.5) is 0 Å². The minimum absolute atomic E-state index is 0.0257. The summed E-state index contributed by atoms with van der Waals surface area (Å²) in [5, 5.41) is 12.2. The quantitative estimate of drug-likeness (QED) is 0.350. The molecule has 1 N–H and O–H groups in total. The molecule has 1 saturated heterocycles. The summed E-state index contributed by atoms with van der Waals surface area (Å²) < 4.78 is 2.10. The van der Waals surface area contributed by atoms with E-state index in [-0.39, 0.29) is 17.9 Å². The molecule has 0 unspecified atom stereocenters. The number of hydrogen-bond acceptors (Lipinski definition) is 4. The van der Waals surface area contributed by atoms with Gasteiger partial charge in [0, 0.05) is 37.9 Å². The molecule has 6 nitrogen and oxygen atoms in total. The Kier molecular flexibility index (Phi) is 8.27. The number of aromatic nitrogens is 2. The first-order chi connectivity index (χ1) is 18.7. The Morgan fingerprint density at radius 2 is 1.68 bits per heavy atom. The van der Waals surface area contributed by atoms with Crippen LogP contribution in [0.25, 0.3) is 0 Å². The second-order valence-electron chi connectivity index (χ2n) is 9.92. The lowest BCUT2D eigenvalue weighted by atomic mass is 9.91. The van der Waals surface area contributed by atoms with E-state index in [4.69, 9.17) is 5.26 Å². The number of amides is 1. The zero-order valence-electron chi connectivity index (χ0n) is 21.5. The van der Waals surface area contributed by atoms with Crippen LogP contribution in [0.3, 0.4) is 0 Å². The lowest BCUT2D eigenvalue weighted by Gasteiger charge is -2.38. The predicted octanol–water partition coefficient (Wildman–Crippen LogP) is 4.96. The molecule has 0 saturated carbocycles. The first kappa shape index (κ1) is 25.4. The van der Waals surface area contributed by atoms with E-state index in [2.05, 4.69) is 74.4 Å². The molecule has 4 aromatic rings. The number of benzene rings is 3. The molecule has 5 rings (SSSR count). The molecule has 1 atom stereocenters. The first-order valence-electron chi connectivity index (χ1n) is 13.3. The molecule has 1 aliphatic rings. The van der Waals surface area contributed by atoms with Crippen molar-refractivity contribution in [3.05, 3.63) is 125 Å². The summed E-state index contributed by atoms with van der Waals surface area (Å²) in [6.07, 6.45) is 6.32. The summed E-state index contributed by atoms with van der Waals surface area (Å²) in [4.78, 5) is 20.0. The summed E-state index contributed by atoms with van der Waals surface area (Å²) in [7, 11) is 0. The number of hydrogen-bond donors (Lipinski definition) is 1. The maximum Gasteiger partial charge on any atom is 0.224 e. The van der Waals surface area contributed by atoms with Gasteiger partial charge in [0.05, 0.1) is 29.9 Å². The van der Waals surface area contributed by atoms with Crippen molar-refractivity contribution >= 4 is 5.91 Å². The van der Waals surface area contributed by atoms with Crippen LogP contribution in [-0.2, 0) is 17.8 Å². The van der Waals surface area contributed by atoms with Crippen LogP contribution >= 0.6 is 0 Å². The third-order valence-electron chi connectivity index (χ3n) is 7.33. The van der Waals surface area contributed by atoms with Crippen molar-refractivity contribution in [1.29, 1.82) is 5.26 Å². The van der Waals surface area contributed by atoms with E-state index in [1.54, 1.807) is 0 Å². The number of nitrogens with one attached hydrogen (secondary N) is 1. The minimum Gasteiger partial charge on any atom is -0.355 e. The molecule has 192 valence electrons. The van der Waals surface area contributed by atoms with Crippen LogP contribution in [0.2, 0.25) is 0 Å². The van der Waals surface area contributed by atoms with Crippen molar-refractivity contribution in [2.75, 3.05) is 19.6 Å². The average Bonchev–Trinajstić information content (AvgIpc) is 3.41. The highest BCUT2D eigenvalue weighted by molar-refractivity contribution is 5.79. The standard InChI is InChI=1S/C32H33N5O/c33-20-25-13-15-26(16-14-25)22-37-24-34-21-30(37)17-18-35-32(38)29-12-7-19-36(23-29)31(27-8-3-1-4-9-27)28-10-5-2-6-11-28/h1-6,8-11,13-16,21,24,29,31H,7,12,17-19,22-23H2,(H,35,38)/t29-/m0/s1. The number of nitriles is 1. The second kappa shape index (κ2) is 12.4. The molecule has 1 fully saturated rings. The highest BCUT2D eigenvalue weighted by Gasteiger charge is 2.31. The number of piperidine rings is 1. The lowest BCUT2D eigenvalue weighted by Crippen LogP contribution is -2.45. The molecule has 0 spiro atoms. The van der Waals surface area contributed by atoms with Gasteiger partial charge in [-0.25, -0.2) is 4.98 Å². The van der Waals surface area contributed by atoms with Crippen molar-refractivity contribution in [3.8, 4) is 6.07 Å². The topological polar surface area (TPSA) is 74.0 Å². The van der Waals surface area contributed by atoms with Crippen molar-refractivity contribution in [1.82, 2.24) is 19.8 Å². The van der Waals surface area contributed by atoms with Gasteiger partial charge >= 0.3 is 0 Å². The fourth-order valence-electron chi connectivity index (χ4n) is 5.38. The zero-order chi connectivity index (χ0) is 26.2. The van der Waals surface area contributed by atoms with Gasteiger partial charge in [-0.3, -0.25) is 9.69 Å². The van der Waals surface area contributed by atoms with Crippen molar-refractivity contribution in [2.45, 2.75) is 31.8 Å². The Labute approximate surface area is 224 Å². The van der Waals surface area contributed by atoms with E-state index in [0.29, 0.717) is 18.7 Å². The molecule has 0 bridgehead atoms. The number of carbonyl (C=O) groups excluding carboxylic acids is 1. The van der Waals surface area contributed by atoms with E-state index in [1.165, 1.54) is 11.1 Å². The summed E-state index contributed by atoms with van der Waals surface area (Å²) in [5.41, 5.74) is 5.36. The van der Waals surface area contributed by atoms with Crippen LogP contribution in [0.1, 0.15) is 46.8 Å². The van der Waals surface area contributed by atoms with Crippen molar-refractivity contribution in [2.24, 2.45) is 5.92 Å². The van der Waals surface area contributed by atoms with Gasteiger partial charge in [0.2, 0.25) is 5.91 Å². The first-order valence-corrected chi connectivity index (χ1v) is 13.3. The second-order valence-corrected chi connectivity index (χ2v) is 9.92. The van der Waals surface area contributed by atoms with Crippen LogP contribution in [0.5, 0.6) is 0 Å². The molecule has 2 heterocycles.